The molecule has 0 saturated carbocycles. The first-order chi connectivity index (χ1) is 36.0. The van der Waals surface area contributed by atoms with Crippen molar-refractivity contribution in [2.24, 2.45) is 0 Å². The van der Waals surface area contributed by atoms with Crippen LogP contribution in [-0.4, -0.2) is 6.71 Å². The van der Waals surface area contributed by atoms with Crippen LogP contribution in [0.3, 0.4) is 0 Å². The van der Waals surface area contributed by atoms with Crippen molar-refractivity contribution < 1.29 is 13.7 Å². The monoisotopic (exact) mass is 882 g/mol. The minimum absolute atomic E-state index is 0.156. The third-order valence-corrected chi connectivity index (χ3v) is 14.3. The number of nitrogens with zero attached hydrogens (tertiary/aromatic N) is 3. The summed E-state index contributed by atoms with van der Waals surface area (Å²) in [6.45, 7) is 24.1. The molecule has 0 N–H and O–H groups in total. The topological polar surface area (TPSA) is 9.72 Å². The van der Waals surface area contributed by atoms with E-state index in [4.69, 9.17) is 8.22 Å². The second kappa shape index (κ2) is 15.1. The number of para-hydroxylation sites is 2. The van der Waals surface area contributed by atoms with Crippen LogP contribution in [0.2, 0.25) is 0 Å². The Morgan fingerprint density at radius 2 is 1.00 bits per heavy atom. The van der Waals surface area contributed by atoms with Gasteiger partial charge in [0.1, 0.15) is 0 Å². The minimum atomic E-state index is -0.623. The predicted octanol–water partition coefficient (Wildman–Crippen LogP) is 15.4. The van der Waals surface area contributed by atoms with Crippen molar-refractivity contribution in [3.63, 3.8) is 0 Å². The van der Waals surface area contributed by atoms with Crippen molar-refractivity contribution in [1.29, 1.82) is 0 Å². The maximum Gasteiger partial charge on any atom is 0.252 e. The fourth-order valence-electron chi connectivity index (χ4n) is 10.6. The smallest absolute Gasteiger partial charge is 0.252 e. The molecule has 1 aliphatic carbocycles. The highest BCUT2D eigenvalue weighted by atomic mass is 15.2. The van der Waals surface area contributed by atoms with E-state index in [-0.39, 0.29) is 45.4 Å². The Balaban J connectivity index is 1.27. The average Bonchev–Trinajstić information content (AvgIpc) is 3.78. The molecule has 67 heavy (non-hydrogen) atoms. The molecule has 0 unspecified atom stereocenters. The van der Waals surface area contributed by atoms with Crippen molar-refractivity contribution in [3.05, 3.63) is 204 Å². The van der Waals surface area contributed by atoms with Gasteiger partial charge in [-0.15, -0.1) is 0 Å². The Kier molecular flexibility index (Phi) is 7.41. The van der Waals surface area contributed by atoms with Crippen molar-refractivity contribution in [1.82, 2.24) is 0 Å². The van der Waals surface area contributed by atoms with E-state index in [1.54, 1.807) is 6.07 Å². The van der Waals surface area contributed by atoms with Crippen LogP contribution in [0.1, 0.15) is 118 Å². The van der Waals surface area contributed by atoms with Gasteiger partial charge < -0.3 is 14.7 Å². The first kappa shape index (κ1) is 32.8. The molecule has 2 heterocycles. The van der Waals surface area contributed by atoms with E-state index >= 15 is 0 Å². The number of fused-ring (bicyclic) bond motifs is 7. The van der Waals surface area contributed by atoms with E-state index in [0.29, 0.717) is 5.69 Å². The van der Waals surface area contributed by atoms with Gasteiger partial charge in [-0.05, 0) is 150 Å². The van der Waals surface area contributed by atoms with Crippen LogP contribution in [0.4, 0.5) is 51.2 Å². The van der Waals surface area contributed by atoms with Crippen LogP contribution in [-0.2, 0) is 21.7 Å². The standard InChI is InChI=1S/C63H62BN3/c1-60(2,3)41-26-29-46(30-27-41)66-56-40-48(65(44-20-14-12-15-21-44)45-22-16-13-17-23-45)32-34-53(56)64-54-36-42(61(4,5)6)28-35-55(54)67(58-38-43(62(7,8)9)37-57(66)59(58)64)47-31-33-52-50(39-47)49-24-18-19-25-51(49)63(52,10)11/h12-40H,1-11H3/i12D,13D,14D,15D,16D,17D,20D,21D,22D,23D. The predicted molar refractivity (Wildman–Crippen MR) is 289 cm³/mol. The lowest BCUT2D eigenvalue weighted by Crippen LogP contribution is -2.61. The molecule has 8 aromatic rings. The lowest BCUT2D eigenvalue weighted by Gasteiger charge is -2.45. The Labute approximate surface area is 413 Å². The fraction of sp³-hybridized carbons (Fsp3) is 0.238. The largest absolute Gasteiger partial charge is 0.311 e. The molecule has 3 aliphatic rings. The molecule has 0 saturated heterocycles. The number of anilines is 9. The molecule has 4 heteroatoms. The molecule has 332 valence electrons. The third-order valence-electron chi connectivity index (χ3n) is 14.3. The number of benzene rings is 8. The molecule has 8 aromatic carbocycles. The molecule has 11 rings (SSSR count). The maximum atomic E-state index is 9.31. The van der Waals surface area contributed by atoms with Gasteiger partial charge in [-0.2, -0.15) is 0 Å². The van der Waals surface area contributed by atoms with E-state index in [2.05, 4.69) is 183 Å². The Morgan fingerprint density at radius 1 is 0.448 bits per heavy atom. The summed E-state index contributed by atoms with van der Waals surface area (Å²) in [5, 5.41) is 0. The summed E-state index contributed by atoms with van der Waals surface area (Å²) in [5.41, 5.74) is 15.7. The Bertz CT molecular complexity index is 3700. The summed E-state index contributed by atoms with van der Waals surface area (Å²) < 4.78 is 89.6. The van der Waals surface area contributed by atoms with Gasteiger partial charge in [0, 0.05) is 56.6 Å². The van der Waals surface area contributed by atoms with E-state index in [0.717, 1.165) is 61.5 Å². The molecule has 0 spiro atoms. The number of rotatable bonds is 5. The summed E-state index contributed by atoms with van der Waals surface area (Å²) in [6.07, 6.45) is 0. The molecule has 0 fully saturated rings. The van der Waals surface area contributed by atoms with Crippen LogP contribution in [0.25, 0.3) is 11.1 Å². The van der Waals surface area contributed by atoms with Crippen molar-refractivity contribution in [2.45, 2.75) is 97.8 Å². The van der Waals surface area contributed by atoms with E-state index in [9.17, 15) is 5.48 Å². The van der Waals surface area contributed by atoms with Gasteiger partial charge in [0.15, 0.2) is 0 Å². The zero-order chi connectivity index (χ0) is 55.5. The molecular formula is C63H62BN3. The lowest BCUT2D eigenvalue weighted by atomic mass is 9.33. The SMILES string of the molecule is [2H]c1c([2H])c([2H])c(N(c2ccc3c(c2)N(c2ccc(C(C)(C)C)cc2)c2cc(C(C)(C)C)cc4c2B3c2cc(C(C)(C)C)ccc2N4c2ccc3c(c2)-c2ccccc2C3(C)C)c2c([2H])c([2H])c([2H])c([2H])c2[2H])c([2H])c1[2H]. The van der Waals surface area contributed by atoms with Gasteiger partial charge in [-0.3, -0.25) is 0 Å². The zero-order valence-electron chi connectivity index (χ0n) is 50.4. The first-order valence-corrected chi connectivity index (χ1v) is 23.4. The van der Waals surface area contributed by atoms with E-state index < -0.39 is 60.4 Å². The summed E-state index contributed by atoms with van der Waals surface area (Å²) in [5.74, 6) is 0. The first-order valence-electron chi connectivity index (χ1n) is 28.4. The minimum Gasteiger partial charge on any atom is -0.311 e. The molecule has 3 nitrogen and oxygen atoms in total. The zero-order valence-corrected chi connectivity index (χ0v) is 40.4. The Morgan fingerprint density at radius 3 is 1.61 bits per heavy atom. The highest BCUT2D eigenvalue weighted by Crippen LogP contribution is 2.52. The lowest BCUT2D eigenvalue weighted by molar-refractivity contribution is 0.590. The van der Waals surface area contributed by atoms with E-state index in [1.807, 2.05) is 12.1 Å². The van der Waals surface area contributed by atoms with Gasteiger partial charge >= 0.3 is 0 Å². The van der Waals surface area contributed by atoms with Crippen molar-refractivity contribution in [3.8, 4) is 11.1 Å². The van der Waals surface area contributed by atoms with Crippen molar-refractivity contribution in [2.75, 3.05) is 14.7 Å². The van der Waals surface area contributed by atoms with Crippen LogP contribution in [0, 0.1) is 0 Å². The van der Waals surface area contributed by atoms with Crippen LogP contribution < -0.4 is 31.1 Å². The third kappa shape index (κ3) is 6.94. The molecule has 0 radical (unpaired) electrons. The van der Waals surface area contributed by atoms with Gasteiger partial charge in [-0.25, -0.2) is 0 Å². The Hall–Kier alpha value is -6.78. The number of hydrogen-bond acceptors (Lipinski definition) is 3. The van der Waals surface area contributed by atoms with Crippen molar-refractivity contribution >= 4 is 74.3 Å². The summed E-state index contributed by atoms with van der Waals surface area (Å²) in [4.78, 5) is 5.95. The van der Waals surface area contributed by atoms with E-state index in [1.165, 1.54) is 27.2 Å². The van der Waals surface area contributed by atoms with Gasteiger partial charge in [0.2, 0.25) is 0 Å². The summed E-state index contributed by atoms with van der Waals surface area (Å²) >= 11 is 0. The number of hydrogen-bond donors (Lipinski definition) is 0. The second-order valence-corrected chi connectivity index (χ2v) is 22.0. The van der Waals surface area contributed by atoms with Crippen LogP contribution in [0.15, 0.2) is 176 Å². The molecular weight excluding hydrogens is 810 g/mol. The summed E-state index contributed by atoms with van der Waals surface area (Å²) in [7, 11) is 0. The molecule has 0 bridgehead atoms. The quantitative estimate of drug-likeness (QED) is 0.160. The maximum absolute atomic E-state index is 9.31. The van der Waals surface area contributed by atoms with Crippen LogP contribution in [0.5, 0.6) is 0 Å². The average molecular weight is 882 g/mol. The molecule has 0 amide bonds. The van der Waals surface area contributed by atoms with Gasteiger partial charge in [-0.1, -0.05) is 173 Å². The second-order valence-electron chi connectivity index (χ2n) is 22.0. The van der Waals surface area contributed by atoms with Gasteiger partial charge in [0.05, 0.1) is 13.7 Å². The molecule has 0 atom stereocenters. The highest BCUT2D eigenvalue weighted by Gasteiger charge is 2.45. The molecule has 2 aliphatic heterocycles. The fourth-order valence-corrected chi connectivity index (χ4v) is 10.6. The molecule has 0 aromatic heterocycles. The van der Waals surface area contributed by atoms with Gasteiger partial charge in [0.25, 0.3) is 6.71 Å². The van der Waals surface area contributed by atoms with Crippen LogP contribution >= 0.6 is 0 Å². The highest BCUT2D eigenvalue weighted by molar-refractivity contribution is 7.00. The summed E-state index contributed by atoms with van der Waals surface area (Å²) in [6, 6.07) is 35.3. The normalized spacial score (nSPS) is 16.6.